The number of nitrogens with two attached hydrogens (primary N) is 2. The van der Waals surface area contributed by atoms with Crippen molar-refractivity contribution >= 4 is 23.0 Å². The molecule has 4 nitrogen and oxygen atoms in total. The lowest BCUT2D eigenvalue weighted by molar-refractivity contribution is 0.178. The molecule has 0 radical (unpaired) electrons. The van der Waals surface area contributed by atoms with E-state index in [1.807, 2.05) is 72.8 Å². The summed E-state index contributed by atoms with van der Waals surface area (Å²) in [5.74, 6) is 0. The van der Waals surface area contributed by atoms with Gasteiger partial charge in [0.25, 0.3) is 0 Å². The van der Waals surface area contributed by atoms with Crippen molar-refractivity contribution in [2.75, 3.05) is 5.73 Å². The first kappa shape index (κ1) is 19.6. The average molecular weight is 388 g/mol. The van der Waals surface area contributed by atoms with Crippen LogP contribution in [0.3, 0.4) is 0 Å². The number of thioether (sulfide) groups is 1. The van der Waals surface area contributed by atoms with Gasteiger partial charge in [-0.05, 0) is 34.9 Å². The molecule has 0 aliphatic heterocycles. The number of nitrogen functional groups attached to an aromatic ring is 1. The van der Waals surface area contributed by atoms with Gasteiger partial charge in [0.1, 0.15) is 6.07 Å². The van der Waals surface area contributed by atoms with Crippen molar-refractivity contribution < 1.29 is 5.11 Å². The highest BCUT2D eigenvalue weighted by Crippen LogP contribution is 2.33. The molecule has 5 heteroatoms. The first-order chi connectivity index (χ1) is 13.6. The van der Waals surface area contributed by atoms with Gasteiger partial charge in [-0.25, -0.2) is 0 Å². The van der Waals surface area contributed by atoms with E-state index in [0.717, 1.165) is 16.0 Å². The van der Waals surface area contributed by atoms with Crippen molar-refractivity contribution in [3.8, 4) is 6.07 Å². The van der Waals surface area contributed by atoms with Crippen molar-refractivity contribution in [1.29, 1.82) is 5.26 Å². The molecule has 0 amide bonds. The Morgan fingerprint density at radius 3 is 2.43 bits per heavy atom. The van der Waals surface area contributed by atoms with E-state index in [9.17, 15) is 10.4 Å². The van der Waals surface area contributed by atoms with Crippen molar-refractivity contribution in [1.82, 2.24) is 0 Å². The number of aliphatic hydroxyl groups is 1. The Morgan fingerprint density at radius 1 is 1.00 bits per heavy atom. The SMILES string of the molecule is N#C/C(=C(/N)Sc1ccccc1N)c1cccc(C(O)Cc2ccccc2)c1. The van der Waals surface area contributed by atoms with Crippen LogP contribution in [0.5, 0.6) is 0 Å². The number of allylic oxidation sites excluding steroid dienone is 1. The van der Waals surface area contributed by atoms with Crippen molar-refractivity contribution in [2.24, 2.45) is 5.73 Å². The molecule has 5 N–H and O–H groups in total. The van der Waals surface area contributed by atoms with E-state index < -0.39 is 6.10 Å². The highest BCUT2D eigenvalue weighted by atomic mass is 32.2. The molecule has 1 atom stereocenters. The van der Waals surface area contributed by atoms with Crippen molar-refractivity contribution in [3.05, 3.63) is 101 Å². The molecular weight excluding hydrogens is 366 g/mol. The van der Waals surface area contributed by atoms with Crippen LogP contribution in [0, 0.1) is 11.3 Å². The van der Waals surface area contributed by atoms with Gasteiger partial charge >= 0.3 is 0 Å². The fraction of sp³-hybridized carbons (Fsp3) is 0.0870. The third-order valence-electron chi connectivity index (χ3n) is 4.33. The lowest BCUT2D eigenvalue weighted by Crippen LogP contribution is -2.03. The minimum Gasteiger partial charge on any atom is -0.398 e. The summed E-state index contributed by atoms with van der Waals surface area (Å²) < 4.78 is 0. The lowest BCUT2D eigenvalue weighted by atomic mass is 9.98. The first-order valence-corrected chi connectivity index (χ1v) is 9.64. The highest BCUT2D eigenvalue weighted by Gasteiger charge is 2.13. The maximum atomic E-state index is 10.6. The number of hydrogen-bond acceptors (Lipinski definition) is 5. The van der Waals surface area contributed by atoms with Crippen LogP contribution in [0.1, 0.15) is 22.8 Å². The summed E-state index contributed by atoms with van der Waals surface area (Å²) >= 11 is 1.26. The van der Waals surface area contributed by atoms with Gasteiger partial charge in [0.2, 0.25) is 0 Å². The van der Waals surface area contributed by atoms with Crippen LogP contribution in [0.2, 0.25) is 0 Å². The number of para-hydroxylation sites is 1. The van der Waals surface area contributed by atoms with Crippen molar-refractivity contribution in [3.63, 3.8) is 0 Å². The zero-order chi connectivity index (χ0) is 19.9. The molecule has 0 heterocycles. The summed E-state index contributed by atoms with van der Waals surface area (Å²) in [7, 11) is 0. The molecule has 140 valence electrons. The third kappa shape index (κ3) is 4.74. The van der Waals surface area contributed by atoms with Crippen LogP contribution in [0.15, 0.2) is 88.8 Å². The Bertz CT molecular complexity index is 1030. The molecule has 0 aliphatic rings. The van der Waals surface area contributed by atoms with E-state index in [1.165, 1.54) is 11.8 Å². The van der Waals surface area contributed by atoms with Crippen LogP contribution in [0.25, 0.3) is 5.57 Å². The molecular formula is C23H21N3OS. The molecule has 0 fully saturated rings. The number of nitrogens with zero attached hydrogens (tertiary/aromatic N) is 1. The molecule has 3 aromatic rings. The Balaban J connectivity index is 1.86. The van der Waals surface area contributed by atoms with Crippen molar-refractivity contribution in [2.45, 2.75) is 17.4 Å². The van der Waals surface area contributed by atoms with Gasteiger partial charge in [0.15, 0.2) is 0 Å². The molecule has 0 saturated carbocycles. The summed E-state index contributed by atoms with van der Waals surface area (Å²) in [6, 6.07) is 26.7. The lowest BCUT2D eigenvalue weighted by Gasteiger charge is -2.13. The van der Waals surface area contributed by atoms with Crippen LogP contribution < -0.4 is 11.5 Å². The molecule has 0 spiro atoms. The fourth-order valence-electron chi connectivity index (χ4n) is 2.86. The predicted octanol–water partition coefficient (Wildman–Crippen LogP) is 4.49. The second-order valence-electron chi connectivity index (χ2n) is 6.32. The van der Waals surface area contributed by atoms with Crippen LogP contribution in [-0.4, -0.2) is 5.11 Å². The Hall–Kier alpha value is -3.20. The maximum Gasteiger partial charge on any atom is 0.103 e. The van der Waals surface area contributed by atoms with Crippen LogP contribution in [0.4, 0.5) is 5.69 Å². The number of benzene rings is 3. The second kappa shape index (κ2) is 9.14. The molecule has 0 bridgehead atoms. The first-order valence-electron chi connectivity index (χ1n) is 8.83. The molecule has 3 aromatic carbocycles. The maximum absolute atomic E-state index is 10.6. The normalized spacial score (nSPS) is 12.7. The number of hydrogen-bond donors (Lipinski definition) is 3. The molecule has 28 heavy (non-hydrogen) atoms. The van der Waals surface area contributed by atoms with Gasteiger partial charge in [0, 0.05) is 17.0 Å². The Morgan fingerprint density at radius 2 is 1.71 bits per heavy atom. The summed E-state index contributed by atoms with van der Waals surface area (Å²) in [6.07, 6.45) is -0.165. The smallest absolute Gasteiger partial charge is 0.103 e. The van der Waals surface area contributed by atoms with Crippen LogP contribution in [-0.2, 0) is 6.42 Å². The minimum absolute atomic E-state index is 0.363. The van der Waals surface area contributed by atoms with E-state index in [-0.39, 0.29) is 0 Å². The summed E-state index contributed by atoms with van der Waals surface area (Å²) in [6.45, 7) is 0. The number of anilines is 1. The zero-order valence-electron chi connectivity index (χ0n) is 15.2. The number of nitriles is 1. The molecule has 0 saturated heterocycles. The quantitative estimate of drug-likeness (QED) is 0.329. The predicted molar refractivity (Wildman–Crippen MR) is 115 cm³/mol. The van der Waals surface area contributed by atoms with Gasteiger partial charge in [0.05, 0.1) is 16.7 Å². The monoisotopic (exact) mass is 387 g/mol. The molecule has 1 unspecified atom stereocenters. The standard InChI is InChI=1S/C23H21N3OS/c24-15-19(23(26)28-22-12-5-4-11-20(22)25)17-9-6-10-18(14-17)21(27)13-16-7-2-1-3-8-16/h1-12,14,21,27H,13,25-26H2/b23-19+. The molecule has 0 aliphatic carbocycles. The largest absolute Gasteiger partial charge is 0.398 e. The van der Waals surface area contributed by atoms with E-state index in [2.05, 4.69) is 6.07 Å². The van der Waals surface area contributed by atoms with Gasteiger partial charge in [-0.1, -0.05) is 72.4 Å². The second-order valence-corrected chi connectivity index (χ2v) is 7.41. The van der Waals surface area contributed by atoms with Gasteiger partial charge < -0.3 is 16.6 Å². The van der Waals surface area contributed by atoms with Gasteiger partial charge in [-0.2, -0.15) is 5.26 Å². The van der Waals surface area contributed by atoms with E-state index in [1.54, 1.807) is 6.07 Å². The average Bonchev–Trinajstić information content (AvgIpc) is 2.71. The number of rotatable bonds is 6. The van der Waals surface area contributed by atoms with Crippen LogP contribution >= 0.6 is 11.8 Å². The van der Waals surface area contributed by atoms with Gasteiger partial charge in [-0.3, -0.25) is 0 Å². The van der Waals surface area contributed by atoms with Gasteiger partial charge in [-0.15, -0.1) is 0 Å². The third-order valence-corrected chi connectivity index (χ3v) is 5.34. The molecule has 0 aromatic heterocycles. The van der Waals surface area contributed by atoms with E-state index in [0.29, 0.717) is 28.3 Å². The summed E-state index contributed by atoms with van der Waals surface area (Å²) in [4.78, 5) is 0.799. The Kier molecular flexibility index (Phi) is 6.38. The zero-order valence-corrected chi connectivity index (χ0v) is 16.1. The molecule has 3 rings (SSSR count). The minimum atomic E-state index is -0.666. The highest BCUT2D eigenvalue weighted by molar-refractivity contribution is 8.03. The topological polar surface area (TPSA) is 96.1 Å². The Labute approximate surface area is 169 Å². The fourth-order valence-corrected chi connectivity index (χ4v) is 3.70. The van der Waals surface area contributed by atoms with E-state index >= 15 is 0 Å². The summed E-state index contributed by atoms with van der Waals surface area (Å²) in [5.41, 5.74) is 15.6. The summed E-state index contributed by atoms with van der Waals surface area (Å²) in [5, 5.41) is 20.6. The van der Waals surface area contributed by atoms with E-state index in [4.69, 9.17) is 11.5 Å². The number of aliphatic hydroxyl groups excluding tert-OH is 1.